The topological polar surface area (TPSA) is 71.3 Å². The number of aromatic nitrogens is 1. The van der Waals surface area contributed by atoms with Crippen molar-refractivity contribution in [1.82, 2.24) is 4.57 Å². The smallest absolute Gasteiger partial charge is 0.248 e. The first-order chi connectivity index (χ1) is 15.6. The number of hydrogen-bond donors (Lipinski definition) is 0. The number of rotatable bonds is 11. The van der Waals surface area contributed by atoms with Gasteiger partial charge in [-0.05, 0) is 48.6 Å². The largest absolute Gasteiger partial charge is 0.497 e. The van der Waals surface area contributed by atoms with Crippen LogP contribution in [0.5, 0.6) is 17.2 Å². The van der Waals surface area contributed by atoms with E-state index in [1.54, 1.807) is 40.2 Å². The van der Waals surface area contributed by atoms with E-state index < -0.39 is 0 Å². The summed E-state index contributed by atoms with van der Waals surface area (Å²) in [6, 6.07) is 11.6. The molecule has 0 bridgehead atoms. The van der Waals surface area contributed by atoms with Crippen molar-refractivity contribution in [2.24, 2.45) is 4.99 Å². The van der Waals surface area contributed by atoms with Crippen LogP contribution in [0.2, 0.25) is 0 Å². The van der Waals surface area contributed by atoms with E-state index in [0.29, 0.717) is 30.1 Å². The summed E-state index contributed by atoms with van der Waals surface area (Å²) in [5.41, 5.74) is 0.857. The van der Waals surface area contributed by atoms with Gasteiger partial charge in [0, 0.05) is 25.0 Å². The van der Waals surface area contributed by atoms with Gasteiger partial charge in [0.05, 0.1) is 27.9 Å². The Morgan fingerprint density at radius 2 is 1.72 bits per heavy atom. The zero-order valence-electron chi connectivity index (χ0n) is 18.8. The standard InChI is InChI=1S/C23H28N2O5S2/c1-27-14-13-25-21-18(29-3)11-12-19(30-4)22(21)32-23(25)24-20(26)6-5-15-31-17-9-7-16(28-2)8-10-17/h7-12H,5-6,13-15H2,1-4H3. The number of carbonyl (C=O) groups is 1. The minimum absolute atomic E-state index is 0.143. The Bertz CT molecular complexity index is 1110. The number of carbonyl (C=O) groups excluding carboxylic acids is 1. The number of thioether (sulfide) groups is 1. The van der Waals surface area contributed by atoms with Gasteiger partial charge >= 0.3 is 0 Å². The summed E-state index contributed by atoms with van der Waals surface area (Å²) in [6.07, 6.45) is 1.13. The SMILES string of the molecule is COCCn1c(=NC(=O)CCCSc2ccc(OC)cc2)sc2c(OC)ccc(OC)c21. The lowest BCUT2D eigenvalue weighted by atomic mass is 10.3. The van der Waals surface area contributed by atoms with E-state index in [9.17, 15) is 4.79 Å². The van der Waals surface area contributed by atoms with Gasteiger partial charge < -0.3 is 23.5 Å². The van der Waals surface area contributed by atoms with Crippen LogP contribution in [-0.4, -0.2) is 51.3 Å². The predicted octanol–water partition coefficient (Wildman–Crippen LogP) is 4.37. The summed E-state index contributed by atoms with van der Waals surface area (Å²) in [5, 5.41) is 0. The second-order valence-electron chi connectivity index (χ2n) is 6.81. The fraction of sp³-hybridized carbons (Fsp3) is 0.391. The van der Waals surface area contributed by atoms with Gasteiger partial charge in [-0.15, -0.1) is 11.8 Å². The molecule has 1 heterocycles. The molecule has 0 aliphatic rings. The Balaban J connectivity index is 1.75. The maximum absolute atomic E-state index is 12.6. The van der Waals surface area contributed by atoms with Crippen LogP contribution in [0.15, 0.2) is 46.3 Å². The highest BCUT2D eigenvalue weighted by molar-refractivity contribution is 7.99. The molecule has 0 N–H and O–H groups in total. The number of hydrogen-bond acceptors (Lipinski definition) is 7. The Morgan fingerprint density at radius 1 is 1.00 bits per heavy atom. The van der Waals surface area contributed by atoms with E-state index in [1.807, 2.05) is 41.0 Å². The van der Waals surface area contributed by atoms with Crippen molar-refractivity contribution < 1.29 is 23.7 Å². The second kappa shape index (κ2) is 11.9. The van der Waals surface area contributed by atoms with Crippen molar-refractivity contribution in [1.29, 1.82) is 0 Å². The third-order valence-corrected chi connectivity index (χ3v) is 6.99. The van der Waals surface area contributed by atoms with Gasteiger partial charge in [-0.3, -0.25) is 4.79 Å². The molecule has 0 saturated heterocycles. The Morgan fingerprint density at radius 3 is 2.38 bits per heavy atom. The number of thiazole rings is 1. The van der Waals surface area contributed by atoms with Crippen molar-refractivity contribution >= 4 is 39.2 Å². The molecular weight excluding hydrogens is 448 g/mol. The molecule has 0 atom stereocenters. The minimum atomic E-state index is -0.143. The normalized spacial score (nSPS) is 11.7. The lowest BCUT2D eigenvalue weighted by Gasteiger charge is -2.09. The van der Waals surface area contributed by atoms with Gasteiger partial charge in [0.15, 0.2) is 4.80 Å². The molecule has 0 fully saturated rings. The molecule has 3 rings (SSSR count). The van der Waals surface area contributed by atoms with E-state index in [1.165, 1.54) is 11.3 Å². The van der Waals surface area contributed by atoms with Crippen LogP contribution >= 0.6 is 23.1 Å². The van der Waals surface area contributed by atoms with Crippen molar-refractivity contribution in [3.63, 3.8) is 0 Å². The van der Waals surface area contributed by atoms with E-state index >= 15 is 0 Å². The number of methoxy groups -OCH3 is 4. The number of benzene rings is 2. The first-order valence-corrected chi connectivity index (χ1v) is 12.0. The molecule has 0 radical (unpaired) electrons. The average Bonchev–Trinajstić information content (AvgIpc) is 3.18. The molecule has 172 valence electrons. The Kier molecular flexibility index (Phi) is 9.01. The highest BCUT2D eigenvalue weighted by atomic mass is 32.2. The van der Waals surface area contributed by atoms with Crippen molar-refractivity contribution in [3.05, 3.63) is 41.2 Å². The zero-order valence-corrected chi connectivity index (χ0v) is 20.4. The van der Waals surface area contributed by atoms with Gasteiger partial charge in [-0.1, -0.05) is 11.3 Å². The molecule has 3 aromatic rings. The highest BCUT2D eigenvalue weighted by Crippen LogP contribution is 2.35. The summed E-state index contributed by atoms with van der Waals surface area (Å²) in [7, 11) is 6.55. The molecule has 9 heteroatoms. The summed E-state index contributed by atoms with van der Waals surface area (Å²) >= 11 is 3.13. The highest BCUT2D eigenvalue weighted by Gasteiger charge is 2.16. The van der Waals surface area contributed by atoms with Crippen molar-refractivity contribution in [3.8, 4) is 17.2 Å². The summed E-state index contributed by atoms with van der Waals surface area (Å²) in [4.78, 5) is 18.8. The molecule has 1 aromatic heterocycles. The summed E-state index contributed by atoms with van der Waals surface area (Å²) in [5.74, 6) is 2.96. The second-order valence-corrected chi connectivity index (χ2v) is 8.96. The third kappa shape index (κ3) is 5.85. The molecule has 0 saturated carbocycles. The van der Waals surface area contributed by atoms with Crippen LogP contribution < -0.4 is 19.0 Å². The summed E-state index contributed by atoms with van der Waals surface area (Å²) in [6.45, 7) is 1.05. The quantitative estimate of drug-likeness (QED) is 0.302. The van der Waals surface area contributed by atoms with E-state index in [-0.39, 0.29) is 5.91 Å². The molecule has 32 heavy (non-hydrogen) atoms. The molecule has 0 unspecified atom stereocenters. The Labute approximate surface area is 196 Å². The van der Waals surface area contributed by atoms with Crippen LogP contribution in [0.25, 0.3) is 10.2 Å². The van der Waals surface area contributed by atoms with Crippen LogP contribution in [0, 0.1) is 0 Å². The number of nitrogens with zero attached hydrogens (tertiary/aromatic N) is 2. The first kappa shape index (κ1) is 24.2. The zero-order chi connectivity index (χ0) is 22.9. The van der Waals surface area contributed by atoms with E-state index in [0.717, 1.165) is 38.8 Å². The van der Waals surface area contributed by atoms with Crippen LogP contribution in [0.3, 0.4) is 0 Å². The van der Waals surface area contributed by atoms with Crippen LogP contribution in [0.4, 0.5) is 0 Å². The monoisotopic (exact) mass is 476 g/mol. The summed E-state index contributed by atoms with van der Waals surface area (Å²) < 4.78 is 24.4. The molecule has 7 nitrogen and oxygen atoms in total. The molecule has 0 spiro atoms. The molecule has 1 amide bonds. The van der Waals surface area contributed by atoms with Gasteiger partial charge in [-0.25, -0.2) is 0 Å². The fourth-order valence-electron chi connectivity index (χ4n) is 3.18. The average molecular weight is 477 g/mol. The number of amides is 1. The number of fused-ring (bicyclic) bond motifs is 1. The number of ether oxygens (including phenoxy) is 4. The van der Waals surface area contributed by atoms with Gasteiger partial charge in [0.2, 0.25) is 5.91 Å². The maximum Gasteiger partial charge on any atom is 0.248 e. The molecule has 0 aliphatic heterocycles. The Hall–Kier alpha value is -2.49. The third-order valence-electron chi connectivity index (χ3n) is 4.79. The van der Waals surface area contributed by atoms with Crippen LogP contribution in [-0.2, 0) is 16.1 Å². The lowest BCUT2D eigenvalue weighted by Crippen LogP contribution is -2.19. The fourth-order valence-corrected chi connectivity index (χ4v) is 5.21. The predicted molar refractivity (Wildman–Crippen MR) is 128 cm³/mol. The van der Waals surface area contributed by atoms with Crippen molar-refractivity contribution in [2.45, 2.75) is 24.3 Å². The van der Waals surface area contributed by atoms with E-state index in [2.05, 4.69) is 4.99 Å². The van der Waals surface area contributed by atoms with Crippen molar-refractivity contribution in [2.75, 3.05) is 40.8 Å². The first-order valence-electron chi connectivity index (χ1n) is 10.2. The lowest BCUT2D eigenvalue weighted by molar-refractivity contribution is -0.118. The molecular formula is C23H28N2O5S2. The van der Waals surface area contributed by atoms with E-state index in [4.69, 9.17) is 18.9 Å². The molecule has 0 aliphatic carbocycles. The maximum atomic E-state index is 12.6. The van der Waals surface area contributed by atoms with Gasteiger partial charge in [-0.2, -0.15) is 4.99 Å². The molecule has 2 aromatic carbocycles. The van der Waals surface area contributed by atoms with Gasteiger partial charge in [0.25, 0.3) is 0 Å². The van der Waals surface area contributed by atoms with Gasteiger partial charge in [0.1, 0.15) is 27.5 Å². The minimum Gasteiger partial charge on any atom is -0.497 e. The van der Waals surface area contributed by atoms with Crippen LogP contribution in [0.1, 0.15) is 12.8 Å².